The van der Waals surface area contributed by atoms with Crippen LogP contribution in [-0.4, -0.2) is 13.0 Å². The molecule has 2 aromatic rings. The third kappa shape index (κ3) is 2.41. The monoisotopic (exact) mass is 239 g/mol. The Morgan fingerprint density at radius 1 is 1.06 bits per heavy atom. The average Bonchev–Trinajstić information content (AvgIpc) is 2.16. The molecule has 0 unspecified atom stereocenters. The summed E-state index contributed by atoms with van der Waals surface area (Å²) in [6.07, 6.45) is 0. The molecule has 0 amide bonds. The molecule has 5 nitrogen and oxygen atoms in total. The molecule has 0 saturated heterocycles. The van der Waals surface area contributed by atoms with E-state index in [-0.39, 0.29) is 5.75 Å². The molecule has 0 bridgehead atoms. The molecule has 0 fully saturated rings. The van der Waals surface area contributed by atoms with Gasteiger partial charge in [0.15, 0.2) is 0 Å². The van der Waals surface area contributed by atoms with Gasteiger partial charge >= 0.3 is 10.4 Å². The second-order valence-electron chi connectivity index (χ2n) is 3.28. The number of rotatable bonds is 2. The minimum Gasteiger partial charge on any atom is -0.399 e. The summed E-state index contributed by atoms with van der Waals surface area (Å²) in [4.78, 5) is 0. The van der Waals surface area contributed by atoms with Gasteiger partial charge in [-0.1, -0.05) is 12.1 Å². The molecule has 0 heterocycles. The Labute approximate surface area is 92.4 Å². The number of anilines is 1. The van der Waals surface area contributed by atoms with Gasteiger partial charge in [-0.25, -0.2) is 0 Å². The van der Waals surface area contributed by atoms with Crippen LogP contribution >= 0.6 is 0 Å². The minimum absolute atomic E-state index is 0.0553. The summed E-state index contributed by atoms with van der Waals surface area (Å²) in [7, 11) is -4.48. The Bertz CT molecular complexity index is 636. The number of fused-ring (bicyclic) bond motifs is 1. The van der Waals surface area contributed by atoms with Crippen LogP contribution in [0.1, 0.15) is 0 Å². The minimum atomic E-state index is -4.48. The Kier molecular flexibility index (Phi) is 2.45. The van der Waals surface area contributed by atoms with Crippen LogP contribution in [-0.2, 0) is 10.4 Å². The lowest BCUT2D eigenvalue weighted by atomic mass is 10.1. The van der Waals surface area contributed by atoms with Gasteiger partial charge in [-0.2, -0.15) is 8.42 Å². The van der Waals surface area contributed by atoms with E-state index in [0.717, 1.165) is 10.8 Å². The van der Waals surface area contributed by atoms with Gasteiger partial charge in [0, 0.05) is 5.69 Å². The van der Waals surface area contributed by atoms with E-state index >= 15 is 0 Å². The van der Waals surface area contributed by atoms with Crippen molar-refractivity contribution in [3.8, 4) is 5.75 Å². The first-order valence-electron chi connectivity index (χ1n) is 4.40. The summed E-state index contributed by atoms with van der Waals surface area (Å²) in [6.45, 7) is 0. The first-order valence-corrected chi connectivity index (χ1v) is 5.77. The van der Waals surface area contributed by atoms with E-state index in [2.05, 4.69) is 4.18 Å². The van der Waals surface area contributed by atoms with E-state index in [1.54, 1.807) is 24.3 Å². The normalized spacial score (nSPS) is 11.6. The van der Waals surface area contributed by atoms with Crippen LogP contribution in [0.15, 0.2) is 36.4 Å². The first-order chi connectivity index (χ1) is 7.44. The van der Waals surface area contributed by atoms with E-state index in [1.807, 2.05) is 0 Å². The molecule has 0 spiro atoms. The highest BCUT2D eigenvalue weighted by Gasteiger charge is 2.07. The smallest absolute Gasteiger partial charge is 0.399 e. The lowest BCUT2D eigenvalue weighted by molar-refractivity contribution is 0.387. The molecule has 0 aliphatic heterocycles. The molecule has 3 N–H and O–H groups in total. The summed E-state index contributed by atoms with van der Waals surface area (Å²) in [5.41, 5.74) is 6.22. The molecule has 2 rings (SSSR count). The van der Waals surface area contributed by atoms with E-state index in [9.17, 15) is 8.42 Å². The topological polar surface area (TPSA) is 89.6 Å². The molecule has 0 aromatic heterocycles. The number of hydrogen-bond acceptors (Lipinski definition) is 4. The maximum atomic E-state index is 10.5. The van der Waals surface area contributed by atoms with Crippen LogP contribution in [0.2, 0.25) is 0 Å². The van der Waals surface area contributed by atoms with Crippen molar-refractivity contribution in [3.05, 3.63) is 36.4 Å². The van der Waals surface area contributed by atoms with Crippen LogP contribution in [0.3, 0.4) is 0 Å². The molecule has 2 aromatic carbocycles. The second kappa shape index (κ2) is 3.66. The summed E-state index contributed by atoms with van der Waals surface area (Å²) >= 11 is 0. The Hall–Kier alpha value is -1.79. The molecule has 6 heteroatoms. The summed E-state index contributed by atoms with van der Waals surface area (Å²) in [5, 5.41) is 1.64. The summed E-state index contributed by atoms with van der Waals surface area (Å²) < 4.78 is 33.9. The number of nitrogens with two attached hydrogens (primary N) is 1. The maximum absolute atomic E-state index is 10.5. The molecule has 84 valence electrons. The molecule has 0 radical (unpaired) electrons. The predicted molar refractivity (Wildman–Crippen MR) is 60.5 cm³/mol. The zero-order chi connectivity index (χ0) is 11.8. The third-order valence-corrected chi connectivity index (χ3v) is 2.44. The largest absolute Gasteiger partial charge is 0.446 e. The van der Waals surface area contributed by atoms with Crippen LogP contribution in [0.4, 0.5) is 5.69 Å². The van der Waals surface area contributed by atoms with Crippen LogP contribution in [0, 0.1) is 0 Å². The van der Waals surface area contributed by atoms with Crippen molar-refractivity contribution in [3.63, 3.8) is 0 Å². The number of hydrogen-bond donors (Lipinski definition) is 2. The number of nitrogen functional groups attached to an aromatic ring is 1. The summed E-state index contributed by atoms with van der Waals surface area (Å²) in [6, 6.07) is 9.79. The van der Waals surface area contributed by atoms with Crippen molar-refractivity contribution in [2.45, 2.75) is 0 Å². The molecular weight excluding hydrogens is 230 g/mol. The van der Waals surface area contributed by atoms with Crippen molar-refractivity contribution in [1.29, 1.82) is 0 Å². The highest BCUT2D eigenvalue weighted by atomic mass is 32.3. The Balaban J connectivity index is 2.49. The standard InChI is InChI=1S/C10H9NO4S/c11-9-3-1-8-6-10(15-16(12,13)14)4-2-7(8)5-9/h1-6H,11H2,(H,12,13,14). The van der Waals surface area contributed by atoms with Gasteiger partial charge in [-0.05, 0) is 35.0 Å². The molecular formula is C10H9NO4S. The Morgan fingerprint density at radius 3 is 2.38 bits per heavy atom. The van der Waals surface area contributed by atoms with Gasteiger partial charge in [-0.15, -0.1) is 0 Å². The van der Waals surface area contributed by atoms with Gasteiger partial charge in [-0.3, -0.25) is 4.55 Å². The van der Waals surface area contributed by atoms with Gasteiger partial charge in [0.2, 0.25) is 0 Å². The fourth-order valence-corrected chi connectivity index (χ4v) is 1.76. The molecule has 0 saturated carbocycles. The van der Waals surface area contributed by atoms with Crippen molar-refractivity contribution in [2.24, 2.45) is 0 Å². The molecule has 0 aliphatic carbocycles. The van der Waals surface area contributed by atoms with Gasteiger partial charge in [0.25, 0.3) is 0 Å². The van der Waals surface area contributed by atoms with Crippen LogP contribution in [0.25, 0.3) is 10.8 Å². The lowest BCUT2D eigenvalue weighted by Crippen LogP contribution is -2.06. The predicted octanol–water partition coefficient (Wildman–Crippen LogP) is 1.60. The highest BCUT2D eigenvalue weighted by molar-refractivity contribution is 7.81. The maximum Gasteiger partial charge on any atom is 0.446 e. The fourth-order valence-electron chi connectivity index (χ4n) is 1.42. The van der Waals surface area contributed by atoms with Crippen LogP contribution < -0.4 is 9.92 Å². The van der Waals surface area contributed by atoms with Crippen molar-refractivity contribution < 1.29 is 17.2 Å². The van der Waals surface area contributed by atoms with E-state index < -0.39 is 10.4 Å². The van der Waals surface area contributed by atoms with Gasteiger partial charge in [0.1, 0.15) is 5.75 Å². The van der Waals surface area contributed by atoms with Crippen molar-refractivity contribution >= 4 is 26.9 Å². The van der Waals surface area contributed by atoms with Gasteiger partial charge < -0.3 is 9.92 Å². The highest BCUT2D eigenvalue weighted by Crippen LogP contribution is 2.23. The van der Waals surface area contributed by atoms with Crippen molar-refractivity contribution in [2.75, 3.05) is 5.73 Å². The zero-order valence-corrected chi connectivity index (χ0v) is 8.94. The van der Waals surface area contributed by atoms with Crippen molar-refractivity contribution in [1.82, 2.24) is 0 Å². The van der Waals surface area contributed by atoms with Crippen LogP contribution in [0.5, 0.6) is 5.75 Å². The van der Waals surface area contributed by atoms with E-state index in [4.69, 9.17) is 10.3 Å². The van der Waals surface area contributed by atoms with Gasteiger partial charge in [0.05, 0.1) is 0 Å². The quantitative estimate of drug-likeness (QED) is 0.613. The molecule has 16 heavy (non-hydrogen) atoms. The zero-order valence-electron chi connectivity index (χ0n) is 8.12. The third-order valence-electron chi connectivity index (χ3n) is 2.04. The lowest BCUT2D eigenvalue weighted by Gasteiger charge is -2.03. The van der Waals surface area contributed by atoms with E-state index in [0.29, 0.717) is 5.69 Å². The average molecular weight is 239 g/mol. The second-order valence-corrected chi connectivity index (χ2v) is 4.30. The summed E-state index contributed by atoms with van der Waals surface area (Å²) in [5.74, 6) is 0.0553. The molecule has 0 aliphatic rings. The molecule has 0 atom stereocenters. The first kappa shape index (κ1) is 10.7. The van der Waals surface area contributed by atoms with E-state index in [1.165, 1.54) is 12.1 Å². The fraction of sp³-hybridized carbons (Fsp3) is 0. The number of benzene rings is 2. The SMILES string of the molecule is Nc1ccc2cc(OS(=O)(=O)O)ccc2c1. The Morgan fingerprint density at radius 2 is 1.69 bits per heavy atom.